The second-order valence-electron chi connectivity index (χ2n) is 4.02. The van der Waals surface area contributed by atoms with Crippen LogP contribution < -0.4 is 0 Å². The molecule has 0 fully saturated rings. The van der Waals surface area contributed by atoms with E-state index in [9.17, 15) is 4.79 Å². The summed E-state index contributed by atoms with van der Waals surface area (Å²) in [4.78, 5) is 16.0. The summed E-state index contributed by atoms with van der Waals surface area (Å²) in [6.07, 6.45) is 2.85. The van der Waals surface area contributed by atoms with Crippen LogP contribution in [0.15, 0.2) is 35.6 Å². The van der Waals surface area contributed by atoms with E-state index in [0.717, 1.165) is 22.8 Å². The van der Waals surface area contributed by atoms with Gasteiger partial charge in [0.15, 0.2) is 5.16 Å². The second kappa shape index (κ2) is 4.04. The minimum atomic E-state index is 0.121. The van der Waals surface area contributed by atoms with E-state index >= 15 is 0 Å². The summed E-state index contributed by atoms with van der Waals surface area (Å²) in [7, 11) is 0. The molecule has 4 heteroatoms. The average molecular weight is 244 g/mol. The number of carbonyl (C=O) groups excluding carboxylic acids is 1. The van der Waals surface area contributed by atoms with E-state index in [-0.39, 0.29) is 5.91 Å². The van der Waals surface area contributed by atoms with Crippen molar-refractivity contribution in [1.29, 1.82) is 0 Å². The van der Waals surface area contributed by atoms with Crippen molar-refractivity contribution >= 4 is 17.7 Å². The van der Waals surface area contributed by atoms with E-state index in [1.54, 1.807) is 4.57 Å². The molecule has 1 aromatic heterocycles. The van der Waals surface area contributed by atoms with E-state index in [2.05, 4.69) is 24.0 Å². The number of rotatable bonds is 2. The topological polar surface area (TPSA) is 34.9 Å². The molecule has 2 aromatic rings. The van der Waals surface area contributed by atoms with Crippen LogP contribution in [0.25, 0.3) is 11.3 Å². The number of imidazole rings is 1. The first-order chi connectivity index (χ1) is 8.28. The average Bonchev–Trinajstić information content (AvgIpc) is 2.92. The Bertz CT molecular complexity index is 589. The van der Waals surface area contributed by atoms with Crippen molar-refractivity contribution in [1.82, 2.24) is 9.55 Å². The van der Waals surface area contributed by atoms with Crippen molar-refractivity contribution in [2.24, 2.45) is 0 Å². The zero-order chi connectivity index (χ0) is 11.8. The fourth-order valence-corrected chi connectivity index (χ4v) is 2.78. The standard InChI is InChI=1S/C13H12N2OS/c1-2-9-4-3-5-10(6-9)11-7-15-12(16)8-17-13(15)14-11/h3-7H,2,8H2,1H3. The van der Waals surface area contributed by atoms with Crippen molar-refractivity contribution in [3.63, 3.8) is 0 Å². The molecule has 1 aliphatic rings. The first kappa shape index (κ1) is 10.6. The maximum absolute atomic E-state index is 11.5. The number of benzene rings is 1. The number of nitrogens with zero attached hydrogens (tertiary/aromatic N) is 2. The van der Waals surface area contributed by atoms with E-state index in [1.807, 2.05) is 18.3 Å². The Morgan fingerprint density at radius 1 is 1.47 bits per heavy atom. The summed E-state index contributed by atoms with van der Waals surface area (Å²) >= 11 is 1.50. The normalized spacial score (nSPS) is 14.1. The molecule has 0 aliphatic carbocycles. The predicted octanol–water partition coefficient (Wildman–Crippen LogP) is 2.86. The highest BCUT2D eigenvalue weighted by Crippen LogP contribution is 2.29. The van der Waals surface area contributed by atoms with Crippen molar-refractivity contribution in [2.45, 2.75) is 18.5 Å². The molecule has 0 saturated carbocycles. The van der Waals surface area contributed by atoms with Crippen LogP contribution >= 0.6 is 11.8 Å². The third-order valence-corrected chi connectivity index (χ3v) is 3.84. The van der Waals surface area contributed by atoms with Gasteiger partial charge >= 0.3 is 0 Å². The van der Waals surface area contributed by atoms with Crippen LogP contribution in [0, 0.1) is 0 Å². The predicted molar refractivity (Wildman–Crippen MR) is 68.4 cm³/mol. The van der Waals surface area contributed by atoms with E-state index in [4.69, 9.17) is 0 Å². The number of hydrogen-bond donors (Lipinski definition) is 0. The van der Waals surface area contributed by atoms with Crippen molar-refractivity contribution in [2.75, 3.05) is 5.75 Å². The summed E-state index contributed by atoms with van der Waals surface area (Å²) < 4.78 is 1.65. The Kier molecular flexibility index (Phi) is 2.52. The molecule has 0 saturated heterocycles. The van der Waals surface area contributed by atoms with Gasteiger partial charge in [0.2, 0.25) is 5.91 Å². The highest BCUT2D eigenvalue weighted by atomic mass is 32.2. The van der Waals surface area contributed by atoms with Gasteiger partial charge in [0, 0.05) is 11.8 Å². The van der Waals surface area contributed by atoms with Crippen LogP contribution in [0.4, 0.5) is 0 Å². The first-order valence-electron chi connectivity index (χ1n) is 5.62. The number of fused-ring (bicyclic) bond motifs is 1. The Hall–Kier alpha value is -1.55. The third-order valence-electron chi connectivity index (χ3n) is 2.90. The van der Waals surface area contributed by atoms with E-state index in [1.165, 1.54) is 17.3 Å². The Balaban J connectivity index is 2.04. The molecule has 0 amide bonds. The van der Waals surface area contributed by atoms with Crippen molar-refractivity contribution in [3.8, 4) is 11.3 Å². The minimum absolute atomic E-state index is 0.121. The van der Waals surface area contributed by atoms with Gasteiger partial charge in [-0.1, -0.05) is 36.9 Å². The molecular formula is C13H12N2OS. The third kappa shape index (κ3) is 1.78. The Morgan fingerprint density at radius 3 is 3.12 bits per heavy atom. The molecule has 0 bridgehead atoms. The maximum Gasteiger partial charge on any atom is 0.243 e. The molecule has 17 heavy (non-hydrogen) atoms. The molecule has 0 N–H and O–H groups in total. The lowest BCUT2D eigenvalue weighted by Gasteiger charge is -2.00. The largest absolute Gasteiger partial charge is 0.273 e. The SMILES string of the molecule is CCc1cccc(-c2cn3c(n2)SCC3=O)c1. The zero-order valence-electron chi connectivity index (χ0n) is 9.51. The Morgan fingerprint density at radius 2 is 2.35 bits per heavy atom. The molecule has 86 valence electrons. The maximum atomic E-state index is 11.5. The fourth-order valence-electron chi connectivity index (χ4n) is 1.93. The number of carbonyl (C=O) groups is 1. The highest BCUT2D eigenvalue weighted by molar-refractivity contribution is 8.00. The molecule has 3 nitrogen and oxygen atoms in total. The smallest absolute Gasteiger partial charge is 0.243 e. The second-order valence-corrected chi connectivity index (χ2v) is 4.96. The van der Waals surface area contributed by atoms with Crippen LogP contribution in [-0.2, 0) is 6.42 Å². The fraction of sp³-hybridized carbons (Fsp3) is 0.231. The number of aryl methyl sites for hydroxylation is 1. The van der Waals surface area contributed by atoms with Crippen LogP contribution in [0.1, 0.15) is 17.3 Å². The molecular weight excluding hydrogens is 232 g/mol. The van der Waals surface area contributed by atoms with Crippen LogP contribution in [-0.4, -0.2) is 21.2 Å². The lowest BCUT2D eigenvalue weighted by molar-refractivity contribution is 0.0939. The van der Waals surface area contributed by atoms with Gasteiger partial charge in [-0.25, -0.2) is 4.98 Å². The first-order valence-corrected chi connectivity index (χ1v) is 6.61. The highest BCUT2D eigenvalue weighted by Gasteiger charge is 2.22. The van der Waals surface area contributed by atoms with Gasteiger partial charge in [-0.3, -0.25) is 9.36 Å². The number of thioether (sulfide) groups is 1. The molecule has 0 spiro atoms. The lowest BCUT2D eigenvalue weighted by atomic mass is 10.1. The van der Waals surface area contributed by atoms with Crippen LogP contribution in [0.5, 0.6) is 0 Å². The molecule has 2 heterocycles. The van der Waals surface area contributed by atoms with Gasteiger partial charge in [0.25, 0.3) is 0 Å². The summed E-state index contributed by atoms with van der Waals surface area (Å²) in [6, 6.07) is 8.31. The van der Waals surface area contributed by atoms with Gasteiger partial charge in [-0.2, -0.15) is 0 Å². The van der Waals surface area contributed by atoms with Gasteiger partial charge in [-0.15, -0.1) is 0 Å². The Labute approximate surface area is 104 Å². The molecule has 3 rings (SSSR count). The summed E-state index contributed by atoms with van der Waals surface area (Å²) in [6.45, 7) is 2.13. The monoisotopic (exact) mass is 244 g/mol. The molecule has 1 aromatic carbocycles. The van der Waals surface area contributed by atoms with Crippen LogP contribution in [0.3, 0.4) is 0 Å². The van der Waals surface area contributed by atoms with Gasteiger partial charge in [0.1, 0.15) is 0 Å². The van der Waals surface area contributed by atoms with Gasteiger partial charge < -0.3 is 0 Å². The minimum Gasteiger partial charge on any atom is -0.273 e. The van der Waals surface area contributed by atoms with Crippen LogP contribution in [0.2, 0.25) is 0 Å². The van der Waals surface area contributed by atoms with Crippen molar-refractivity contribution < 1.29 is 4.79 Å². The van der Waals surface area contributed by atoms with Gasteiger partial charge in [0.05, 0.1) is 11.4 Å². The quantitative estimate of drug-likeness (QED) is 0.814. The van der Waals surface area contributed by atoms with E-state index in [0.29, 0.717) is 5.75 Å². The summed E-state index contributed by atoms with van der Waals surface area (Å²) in [5.41, 5.74) is 3.25. The number of hydrogen-bond acceptors (Lipinski definition) is 3. The molecule has 0 radical (unpaired) electrons. The lowest BCUT2D eigenvalue weighted by Crippen LogP contribution is -2.04. The summed E-state index contributed by atoms with van der Waals surface area (Å²) in [5, 5.41) is 0.812. The van der Waals surface area contributed by atoms with E-state index < -0.39 is 0 Å². The summed E-state index contributed by atoms with van der Waals surface area (Å²) in [5.74, 6) is 0.632. The molecule has 1 aliphatic heterocycles. The zero-order valence-corrected chi connectivity index (χ0v) is 10.3. The van der Waals surface area contributed by atoms with Gasteiger partial charge in [-0.05, 0) is 18.1 Å². The molecule has 0 unspecified atom stereocenters. The van der Waals surface area contributed by atoms with Crippen molar-refractivity contribution in [3.05, 3.63) is 36.0 Å². The molecule has 0 atom stereocenters. The number of aromatic nitrogens is 2.